The number of hydrogen-bond donors (Lipinski definition) is 2. The highest BCUT2D eigenvalue weighted by Gasteiger charge is 2.04. The quantitative estimate of drug-likeness (QED) is 0.760. The van der Waals surface area contributed by atoms with E-state index < -0.39 is 5.76 Å². The van der Waals surface area contributed by atoms with Crippen LogP contribution in [-0.4, -0.2) is 9.97 Å². The number of hydrogen-bond acceptors (Lipinski definition) is 5. The molecule has 3 rings (SSSR count). The van der Waals surface area contributed by atoms with Crippen LogP contribution in [0.1, 0.15) is 10.6 Å². The average molecular weight is 261 g/mol. The van der Waals surface area contributed by atoms with Crippen molar-refractivity contribution in [2.24, 2.45) is 0 Å². The van der Waals surface area contributed by atoms with Gasteiger partial charge in [0, 0.05) is 10.6 Å². The van der Waals surface area contributed by atoms with Crippen molar-refractivity contribution in [2.45, 2.75) is 13.5 Å². The normalized spacial score (nSPS) is 10.9. The molecule has 0 spiro atoms. The summed E-state index contributed by atoms with van der Waals surface area (Å²) in [5.41, 5.74) is 5.09. The van der Waals surface area contributed by atoms with Crippen LogP contribution in [-0.2, 0) is 6.54 Å². The molecule has 92 valence electrons. The first kappa shape index (κ1) is 11.0. The first-order valence-corrected chi connectivity index (χ1v) is 6.36. The maximum absolute atomic E-state index is 11.0. The van der Waals surface area contributed by atoms with E-state index >= 15 is 0 Å². The Hall–Kier alpha value is -2.08. The van der Waals surface area contributed by atoms with E-state index in [1.807, 2.05) is 24.6 Å². The standard InChI is InChI=1S/C12H11N3O2S/c1-7-11(18-6-14-7)5-13-8-2-3-10-9(4-8)15-12(16)17-10/h2-4,6,13H,5H2,1H3,(H,15,16). The molecule has 0 fully saturated rings. The van der Waals surface area contributed by atoms with Crippen LogP contribution in [0.5, 0.6) is 0 Å². The summed E-state index contributed by atoms with van der Waals surface area (Å²) in [6, 6.07) is 5.52. The third-order valence-electron chi connectivity index (χ3n) is 2.72. The zero-order chi connectivity index (χ0) is 12.5. The Labute approximate surface area is 106 Å². The highest BCUT2D eigenvalue weighted by molar-refractivity contribution is 7.09. The second-order valence-corrected chi connectivity index (χ2v) is 4.88. The molecule has 0 saturated carbocycles. The van der Waals surface area contributed by atoms with E-state index in [2.05, 4.69) is 15.3 Å². The summed E-state index contributed by atoms with van der Waals surface area (Å²) in [6.07, 6.45) is 0. The van der Waals surface area contributed by atoms with Gasteiger partial charge in [-0.05, 0) is 25.1 Å². The van der Waals surface area contributed by atoms with Crippen molar-refractivity contribution in [3.8, 4) is 0 Å². The number of H-pyrrole nitrogens is 1. The molecule has 2 aromatic heterocycles. The summed E-state index contributed by atoms with van der Waals surface area (Å²) in [4.78, 5) is 19.1. The van der Waals surface area contributed by atoms with E-state index in [9.17, 15) is 4.79 Å². The predicted octanol–water partition coefficient (Wildman–Crippen LogP) is 2.50. The van der Waals surface area contributed by atoms with E-state index in [-0.39, 0.29) is 0 Å². The fourth-order valence-electron chi connectivity index (χ4n) is 1.74. The SMILES string of the molecule is Cc1ncsc1CNc1ccc2oc(=O)[nH]c2c1. The number of aromatic amines is 1. The van der Waals surface area contributed by atoms with Crippen LogP contribution in [0.25, 0.3) is 11.1 Å². The lowest BCUT2D eigenvalue weighted by atomic mass is 10.3. The summed E-state index contributed by atoms with van der Waals surface area (Å²) in [5, 5.41) is 3.30. The van der Waals surface area contributed by atoms with E-state index in [1.165, 1.54) is 4.88 Å². The van der Waals surface area contributed by atoms with Gasteiger partial charge in [-0.15, -0.1) is 11.3 Å². The van der Waals surface area contributed by atoms with Gasteiger partial charge >= 0.3 is 5.76 Å². The molecule has 3 aromatic rings. The number of aryl methyl sites for hydroxylation is 1. The zero-order valence-corrected chi connectivity index (χ0v) is 10.5. The smallest absolute Gasteiger partial charge is 0.408 e. The van der Waals surface area contributed by atoms with E-state index in [1.54, 1.807) is 17.4 Å². The first-order valence-electron chi connectivity index (χ1n) is 5.48. The van der Waals surface area contributed by atoms with Crippen LogP contribution in [0.2, 0.25) is 0 Å². The minimum absolute atomic E-state index is 0.430. The Bertz CT molecular complexity index is 741. The summed E-state index contributed by atoms with van der Waals surface area (Å²) in [7, 11) is 0. The van der Waals surface area contributed by atoms with Gasteiger partial charge in [0.05, 0.1) is 23.3 Å². The van der Waals surface area contributed by atoms with Crippen molar-refractivity contribution in [1.29, 1.82) is 0 Å². The number of fused-ring (bicyclic) bond motifs is 1. The minimum atomic E-state index is -0.430. The molecular formula is C12H11N3O2S. The molecule has 0 amide bonds. The lowest BCUT2D eigenvalue weighted by molar-refractivity contribution is 0.555. The fourth-order valence-corrected chi connectivity index (χ4v) is 2.46. The maximum atomic E-state index is 11.0. The number of anilines is 1. The number of nitrogens with one attached hydrogen (secondary N) is 2. The molecule has 0 bridgehead atoms. The Morgan fingerprint density at radius 1 is 1.50 bits per heavy atom. The highest BCUT2D eigenvalue weighted by Crippen LogP contribution is 2.18. The van der Waals surface area contributed by atoms with Gasteiger partial charge < -0.3 is 9.73 Å². The summed E-state index contributed by atoms with van der Waals surface area (Å²) >= 11 is 1.63. The Kier molecular flexibility index (Phi) is 2.64. The molecule has 5 nitrogen and oxygen atoms in total. The van der Waals surface area contributed by atoms with Crippen LogP contribution in [0, 0.1) is 6.92 Å². The van der Waals surface area contributed by atoms with E-state index in [0.29, 0.717) is 11.1 Å². The number of rotatable bonds is 3. The lowest BCUT2D eigenvalue weighted by Crippen LogP contribution is -1.99. The monoisotopic (exact) mass is 261 g/mol. The third-order valence-corrected chi connectivity index (χ3v) is 3.65. The van der Waals surface area contributed by atoms with Crippen LogP contribution in [0.3, 0.4) is 0 Å². The van der Waals surface area contributed by atoms with Crippen LogP contribution in [0.4, 0.5) is 5.69 Å². The molecule has 0 aliphatic carbocycles. The van der Waals surface area contributed by atoms with Crippen LogP contribution >= 0.6 is 11.3 Å². The maximum Gasteiger partial charge on any atom is 0.417 e. The van der Waals surface area contributed by atoms with Gasteiger partial charge in [0.1, 0.15) is 0 Å². The minimum Gasteiger partial charge on any atom is -0.408 e. The van der Waals surface area contributed by atoms with Gasteiger partial charge in [-0.25, -0.2) is 9.78 Å². The molecule has 0 aliphatic heterocycles. The Balaban J connectivity index is 1.82. The zero-order valence-electron chi connectivity index (χ0n) is 9.69. The van der Waals surface area contributed by atoms with Crippen molar-refractivity contribution >= 4 is 28.1 Å². The van der Waals surface area contributed by atoms with E-state index in [0.717, 1.165) is 17.9 Å². The molecule has 0 saturated heterocycles. The van der Waals surface area contributed by atoms with Crippen molar-refractivity contribution in [1.82, 2.24) is 9.97 Å². The fraction of sp³-hybridized carbons (Fsp3) is 0.167. The lowest BCUT2D eigenvalue weighted by Gasteiger charge is -2.04. The molecule has 0 atom stereocenters. The molecule has 0 radical (unpaired) electrons. The summed E-state index contributed by atoms with van der Waals surface area (Å²) in [6.45, 7) is 2.72. The molecule has 0 unspecified atom stereocenters. The van der Waals surface area contributed by atoms with Gasteiger partial charge in [-0.2, -0.15) is 0 Å². The summed E-state index contributed by atoms with van der Waals surface area (Å²) in [5.74, 6) is -0.430. The summed E-state index contributed by atoms with van der Waals surface area (Å²) < 4.78 is 4.95. The molecule has 18 heavy (non-hydrogen) atoms. The topological polar surface area (TPSA) is 70.9 Å². The largest absolute Gasteiger partial charge is 0.417 e. The van der Waals surface area contributed by atoms with Gasteiger partial charge in [-0.1, -0.05) is 0 Å². The molecule has 2 heterocycles. The average Bonchev–Trinajstić information content (AvgIpc) is 2.90. The molecule has 2 N–H and O–H groups in total. The second-order valence-electron chi connectivity index (χ2n) is 3.94. The third kappa shape index (κ3) is 2.02. The van der Waals surface area contributed by atoms with Crippen LogP contribution in [0.15, 0.2) is 32.9 Å². The highest BCUT2D eigenvalue weighted by atomic mass is 32.1. The first-order chi connectivity index (χ1) is 8.72. The number of benzene rings is 1. The van der Waals surface area contributed by atoms with Gasteiger partial charge in [-0.3, -0.25) is 4.98 Å². The molecule has 6 heteroatoms. The van der Waals surface area contributed by atoms with Gasteiger partial charge in [0.25, 0.3) is 0 Å². The predicted molar refractivity (Wildman–Crippen MR) is 71.0 cm³/mol. The molecule has 0 aliphatic rings. The second kappa shape index (κ2) is 4.30. The van der Waals surface area contributed by atoms with Gasteiger partial charge in [0.2, 0.25) is 0 Å². The number of nitrogens with zero attached hydrogens (tertiary/aromatic N) is 1. The number of aromatic nitrogens is 2. The van der Waals surface area contributed by atoms with Crippen molar-refractivity contribution < 1.29 is 4.42 Å². The van der Waals surface area contributed by atoms with E-state index in [4.69, 9.17) is 4.42 Å². The number of oxazole rings is 1. The van der Waals surface area contributed by atoms with Gasteiger partial charge in [0.15, 0.2) is 5.58 Å². The number of thiazole rings is 1. The van der Waals surface area contributed by atoms with Crippen molar-refractivity contribution in [3.63, 3.8) is 0 Å². The van der Waals surface area contributed by atoms with Crippen LogP contribution < -0.4 is 11.1 Å². The van der Waals surface area contributed by atoms with Crippen molar-refractivity contribution in [3.05, 3.63) is 44.8 Å². The Morgan fingerprint density at radius 2 is 2.39 bits per heavy atom. The Morgan fingerprint density at radius 3 is 3.17 bits per heavy atom. The van der Waals surface area contributed by atoms with Crippen molar-refractivity contribution in [2.75, 3.05) is 5.32 Å². The molecule has 1 aromatic carbocycles. The molecular weight excluding hydrogens is 250 g/mol.